The van der Waals surface area contributed by atoms with Crippen molar-refractivity contribution in [2.24, 2.45) is 0 Å². The topological polar surface area (TPSA) is 53.6 Å². The third kappa shape index (κ3) is 6.55. The summed E-state index contributed by atoms with van der Waals surface area (Å²) in [6.07, 6.45) is 0. The summed E-state index contributed by atoms with van der Waals surface area (Å²) in [4.78, 5) is 18.4. The molecule has 2 N–H and O–H groups in total. The fourth-order valence-corrected chi connectivity index (χ4v) is 3.45. The Morgan fingerprint density at radius 1 is 1.03 bits per heavy atom. The van der Waals surface area contributed by atoms with Gasteiger partial charge in [-0.05, 0) is 86.1 Å². The van der Waals surface area contributed by atoms with E-state index in [9.17, 15) is 9.18 Å². The molecule has 0 atom stereocenters. The maximum atomic E-state index is 14.7. The molecule has 0 spiro atoms. The van der Waals surface area contributed by atoms with Crippen LogP contribution in [0.4, 0.5) is 4.39 Å². The molecule has 0 aliphatic rings. The van der Waals surface area contributed by atoms with E-state index in [4.69, 9.17) is 4.74 Å². The number of nitrogens with one attached hydrogen (secondary N) is 2. The lowest BCUT2D eigenvalue weighted by atomic mass is 9.99. The molecule has 0 radical (unpaired) electrons. The van der Waals surface area contributed by atoms with Crippen LogP contribution in [-0.4, -0.2) is 38.1 Å². The Morgan fingerprint density at radius 3 is 2.55 bits per heavy atom. The smallest absolute Gasteiger partial charge is 0.269 e. The third-order valence-corrected chi connectivity index (χ3v) is 5.26. The van der Waals surface area contributed by atoms with Gasteiger partial charge in [-0.25, -0.2) is 4.39 Å². The zero-order valence-corrected chi connectivity index (χ0v) is 18.6. The van der Waals surface area contributed by atoms with Gasteiger partial charge in [0, 0.05) is 11.4 Å². The maximum absolute atomic E-state index is 14.7. The number of likely N-dealkylation sites (N-methyl/N-ethyl adjacent to an activating group) is 1. The van der Waals surface area contributed by atoms with Gasteiger partial charge in [-0.15, -0.1) is 0 Å². The molecule has 0 heterocycles. The number of hydrogen-bond acceptors (Lipinski definition) is 5. The monoisotopic (exact) mass is 439 g/mol. The van der Waals surface area contributed by atoms with Crippen LogP contribution in [0.15, 0.2) is 71.6 Å². The van der Waals surface area contributed by atoms with Gasteiger partial charge in [-0.3, -0.25) is 10.2 Å². The molecule has 0 aliphatic heterocycles. The number of rotatable bonds is 9. The summed E-state index contributed by atoms with van der Waals surface area (Å²) in [5.41, 5.74) is 4.53. The van der Waals surface area contributed by atoms with Crippen LogP contribution in [0.3, 0.4) is 0 Å². The fourth-order valence-electron chi connectivity index (χ4n) is 2.90. The van der Waals surface area contributed by atoms with E-state index in [1.165, 1.54) is 11.9 Å². The molecule has 5 nitrogen and oxygen atoms in total. The lowest BCUT2D eigenvalue weighted by Crippen LogP contribution is -2.33. The Hall–Kier alpha value is -2.87. The number of hydrazine groups is 1. The number of carbonyl (C=O) groups excluding carboxylic acids is 1. The lowest BCUT2D eigenvalue weighted by molar-refractivity contribution is 0.0943. The summed E-state index contributed by atoms with van der Waals surface area (Å²) in [6, 6.07) is 20.4. The number of amides is 1. The van der Waals surface area contributed by atoms with Crippen molar-refractivity contribution < 1.29 is 13.9 Å². The molecule has 7 heteroatoms. The SMILES string of the molecule is Cc1cc(-c2cccc(OCCN(C)C)c2)cc(C(=O)NNSc2ccccc2)c1F. The Bertz CT molecular complexity index is 1030. The summed E-state index contributed by atoms with van der Waals surface area (Å²) < 4.78 is 20.5. The van der Waals surface area contributed by atoms with Gasteiger partial charge in [0.15, 0.2) is 0 Å². The highest BCUT2D eigenvalue weighted by atomic mass is 32.2. The van der Waals surface area contributed by atoms with Crippen LogP contribution < -0.4 is 15.0 Å². The summed E-state index contributed by atoms with van der Waals surface area (Å²) >= 11 is 1.24. The van der Waals surface area contributed by atoms with E-state index in [0.717, 1.165) is 28.3 Å². The van der Waals surface area contributed by atoms with Crippen molar-refractivity contribution in [3.8, 4) is 16.9 Å². The second-order valence-corrected chi connectivity index (χ2v) is 8.19. The van der Waals surface area contributed by atoms with Crippen LogP contribution in [0.1, 0.15) is 15.9 Å². The Kier molecular flexibility index (Phi) is 8.06. The maximum Gasteiger partial charge on any atom is 0.269 e. The number of hydrogen-bond donors (Lipinski definition) is 2. The highest BCUT2D eigenvalue weighted by Crippen LogP contribution is 2.28. The first-order valence-electron chi connectivity index (χ1n) is 9.89. The van der Waals surface area contributed by atoms with Crippen LogP contribution in [-0.2, 0) is 0 Å². The molecular formula is C24H26FN3O2S. The van der Waals surface area contributed by atoms with Crippen molar-refractivity contribution in [3.63, 3.8) is 0 Å². The Labute approximate surface area is 186 Å². The summed E-state index contributed by atoms with van der Waals surface area (Å²) in [5.74, 6) is -0.344. The highest BCUT2D eigenvalue weighted by Gasteiger charge is 2.16. The van der Waals surface area contributed by atoms with Gasteiger partial charge in [-0.2, -0.15) is 4.83 Å². The molecule has 0 bridgehead atoms. The molecule has 3 aromatic rings. The number of halogens is 1. The van der Waals surface area contributed by atoms with E-state index in [2.05, 4.69) is 10.3 Å². The van der Waals surface area contributed by atoms with Crippen LogP contribution >= 0.6 is 11.9 Å². The Balaban J connectivity index is 1.73. The summed E-state index contributed by atoms with van der Waals surface area (Å²) in [5, 5.41) is 0. The largest absolute Gasteiger partial charge is 0.492 e. The molecule has 0 unspecified atom stereocenters. The van der Waals surface area contributed by atoms with E-state index in [0.29, 0.717) is 12.2 Å². The minimum absolute atomic E-state index is 0.0184. The van der Waals surface area contributed by atoms with Gasteiger partial charge < -0.3 is 9.64 Å². The minimum Gasteiger partial charge on any atom is -0.492 e. The average molecular weight is 440 g/mol. The number of benzene rings is 3. The summed E-state index contributed by atoms with van der Waals surface area (Å²) in [6.45, 7) is 3.02. The average Bonchev–Trinajstić information content (AvgIpc) is 2.76. The van der Waals surface area contributed by atoms with Crippen LogP contribution in [0.25, 0.3) is 11.1 Å². The van der Waals surface area contributed by atoms with Crippen molar-refractivity contribution >= 4 is 17.9 Å². The normalized spacial score (nSPS) is 10.9. The lowest BCUT2D eigenvalue weighted by Gasteiger charge is -2.13. The molecular weight excluding hydrogens is 413 g/mol. The summed E-state index contributed by atoms with van der Waals surface area (Å²) in [7, 11) is 3.97. The van der Waals surface area contributed by atoms with E-state index < -0.39 is 11.7 Å². The van der Waals surface area contributed by atoms with E-state index in [1.54, 1.807) is 19.1 Å². The quantitative estimate of drug-likeness (QED) is 0.374. The van der Waals surface area contributed by atoms with Crippen molar-refractivity contribution in [1.82, 2.24) is 15.2 Å². The second-order valence-electron chi connectivity index (χ2n) is 7.31. The van der Waals surface area contributed by atoms with Gasteiger partial charge in [0.1, 0.15) is 18.2 Å². The van der Waals surface area contributed by atoms with E-state index in [1.807, 2.05) is 73.6 Å². The molecule has 1 amide bonds. The predicted octanol–water partition coefficient (Wildman–Crippen LogP) is 4.68. The number of aryl methyl sites for hydroxylation is 1. The molecule has 3 rings (SSSR count). The van der Waals surface area contributed by atoms with Crippen LogP contribution in [0, 0.1) is 12.7 Å². The van der Waals surface area contributed by atoms with Gasteiger partial charge in [0.2, 0.25) is 0 Å². The zero-order chi connectivity index (χ0) is 22.2. The number of carbonyl (C=O) groups is 1. The van der Waals surface area contributed by atoms with Gasteiger partial charge >= 0.3 is 0 Å². The van der Waals surface area contributed by atoms with Gasteiger partial charge in [0.25, 0.3) is 5.91 Å². The van der Waals surface area contributed by atoms with E-state index >= 15 is 0 Å². The molecule has 162 valence electrons. The van der Waals surface area contributed by atoms with Gasteiger partial charge in [0.05, 0.1) is 5.56 Å². The number of ether oxygens (including phenoxy) is 1. The number of nitrogens with zero attached hydrogens (tertiary/aromatic N) is 1. The highest BCUT2D eigenvalue weighted by molar-refractivity contribution is 7.97. The molecule has 0 fully saturated rings. The molecule has 0 aromatic heterocycles. The van der Waals surface area contributed by atoms with Crippen molar-refractivity contribution in [1.29, 1.82) is 0 Å². The van der Waals surface area contributed by atoms with Crippen molar-refractivity contribution in [2.75, 3.05) is 27.2 Å². The molecule has 3 aromatic carbocycles. The van der Waals surface area contributed by atoms with Crippen LogP contribution in [0.5, 0.6) is 5.75 Å². The fraction of sp³-hybridized carbons (Fsp3) is 0.208. The first kappa shape index (κ1) is 22.8. The van der Waals surface area contributed by atoms with Crippen molar-refractivity contribution in [2.45, 2.75) is 11.8 Å². The second kappa shape index (κ2) is 10.9. The zero-order valence-electron chi connectivity index (χ0n) is 17.8. The van der Waals surface area contributed by atoms with Crippen molar-refractivity contribution in [3.05, 3.63) is 83.7 Å². The molecule has 0 saturated heterocycles. The van der Waals surface area contributed by atoms with Crippen LogP contribution in [0.2, 0.25) is 0 Å². The third-order valence-electron chi connectivity index (χ3n) is 4.55. The minimum atomic E-state index is -0.538. The predicted molar refractivity (Wildman–Crippen MR) is 124 cm³/mol. The molecule has 31 heavy (non-hydrogen) atoms. The molecule has 0 saturated carbocycles. The standard InChI is InChI=1S/C24H26FN3O2S/c1-17-14-19(18-8-7-9-20(15-18)30-13-12-28(2)3)16-22(23(17)25)24(29)26-27-31-21-10-5-4-6-11-21/h4-11,14-16,27H,12-13H2,1-3H3,(H,26,29). The van der Waals surface area contributed by atoms with E-state index in [-0.39, 0.29) is 5.56 Å². The first-order chi connectivity index (χ1) is 14.9. The molecule has 0 aliphatic carbocycles. The Morgan fingerprint density at radius 2 is 1.81 bits per heavy atom. The first-order valence-corrected chi connectivity index (χ1v) is 10.7. The van der Waals surface area contributed by atoms with Gasteiger partial charge in [-0.1, -0.05) is 30.3 Å².